The van der Waals surface area contributed by atoms with Gasteiger partial charge in [-0.1, -0.05) is 18.2 Å². The van der Waals surface area contributed by atoms with Crippen LogP contribution in [-0.4, -0.2) is 16.5 Å². The van der Waals surface area contributed by atoms with Crippen LogP contribution in [0.5, 0.6) is 5.75 Å². The van der Waals surface area contributed by atoms with Crippen LogP contribution in [0.4, 0.5) is 0 Å². The highest BCUT2D eigenvalue weighted by molar-refractivity contribution is 6.17. The number of halogens is 1. The zero-order valence-electron chi connectivity index (χ0n) is 11.4. The number of hydrogen-bond donors (Lipinski definition) is 0. The Kier molecular flexibility index (Phi) is 3.36. The third-order valence-electron chi connectivity index (χ3n) is 3.34. The number of aryl methyl sites for hydroxylation is 1. The van der Waals surface area contributed by atoms with Gasteiger partial charge in [-0.25, -0.2) is 4.98 Å². The van der Waals surface area contributed by atoms with Crippen LogP contribution >= 0.6 is 11.6 Å². The van der Waals surface area contributed by atoms with Gasteiger partial charge in [-0.2, -0.15) is 0 Å². The van der Waals surface area contributed by atoms with Crippen LogP contribution in [0.1, 0.15) is 11.3 Å². The first-order valence-electron chi connectivity index (χ1n) is 6.41. The Hall–Kier alpha value is -2.00. The van der Waals surface area contributed by atoms with Gasteiger partial charge < -0.3 is 9.14 Å². The molecule has 0 amide bonds. The molecular formula is C16H15ClN2O. The highest BCUT2D eigenvalue weighted by atomic mass is 35.5. The van der Waals surface area contributed by atoms with E-state index < -0.39 is 0 Å². The molecule has 20 heavy (non-hydrogen) atoms. The predicted octanol–water partition coefficient (Wildman–Crippen LogP) is 4.06. The van der Waals surface area contributed by atoms with Gasteiger partial charge in [-0.3, -0.25) is 0 Å². The van der Waals surface area contributed by atoms with Crippen molar-refractivity contribution >= 4 is 17.2 Å². The summed E-state index contributed by atoms with van der Waals surface area (Å²) in [5.41, 5.74) is 5.01. The molecule has 0 N–H and O–H groups in total. The second kappa shape index (κ2) is 5.17. The monoisotopic (exact) mass is 286 g/mol. The quantitative estimate of drug-likeness (QED) is 0.679. The summed E-state index contributed by atoms with van der Waals surface area (Å²) in [5.74, 6) is 1.23. The largest absolute Gasteiger partial charge is 0.497 e. The highest BCUT2D eigenvalue weighted by Crippen LogP contribution is 2.28. The lowest BCUT2D eigenvalue weighted by atomic mass is 10.1. The summed E-state index contributed by atoms with van der Waals surface area (Å²) < 4.78 is 7.33. The Morgan fingerprint density at radius 3 is 2.85 bits per heavy atom. The summed E-state index contributed by atoms with van der Waals surface area (Å²) in [4.78, 5) is 4.69. The lowest BCUT2D eigenvalue weighted by molar-refractivity contribution is 0.415. The van der Waals surface area contributed by atoms with Gasteiger partial charge >= 0.3 is 0 Å². The van der Waals surface area contributed by atoms with E-state index in [-0.39, 0.29) is 0 Å². The van der Waals surface area contributed by atoms with Gasteiger partial charge in [0.25, 0.3) is 0 Å². The molecule has 0 spiro atoms. The zero-order valence-corrected chi connectivity index (χ0v) is 12.2. The second-order valence-electron chi connectivity index (χ2n) is 4.71. The molecule has 0 saturated carbocycles. The Morgan fingerprint density at radius 2 is 2.10 bits per heavy atom. The average Bonchev–Trinajstić information content (AvgIpc) is 2.85. The number of imidazole rings is 1. The predicted molar refractivity (Wildman–Crippen MR) is 81.5 cm³/mol. The molecule has 0 saturated heterocycles. The minimum atomic E-state index is 0.414. The topological polar surface area (TPSA) is 26.5 Å². The maximum atomic E-state index is 6.14. The van der Waals surface area contributed by atoms with E-state index in [9.17, 15) is 0 Å². The van der Waals surface area contributed by atoms with Crippen molar-refractivity contribution in [3.63, 3.8) is 0 Å². The molecule has 2 aromatic heterocycles. The third kappa shape index (κ3) is 2.14. The number of methoxy groups -OCH3 is 1. The van der Waals surface area contributed by atoms with Crippen LogP contribution in [0.15, 0.2) is 42.6 Å². The molecule has 0 bridgehead atoms. The Balaban J connectivity index is 2.24. The molecule has 3 nitrogen and oxygen atoms in total. The molecule has 0 aliphatic heterocycles. The number of rotatable bonds is 3. The molecule has 102 valence electrons. The maximum Gasteiger partial charge on any atom is 0.137 e. The molecule has 4 heteroatoms. The summed E-state index contributed by atoms with van der Waals surface area (Å²) in [5, 5.41) is 0. The molecule has 3 rings (SSSR count). The van der Waals surface area contributed by atoms with Gasteiger partial charge in [-0.05, 0) is 30.7 Å². The van der Waals surface area contributed by atoms with Gasteiger partial charge in [0.05, 0.1) is 24.4 Å². The number of pyridine rings is 1. The first kappa shape index (κ1) is 13.0. The molecule has 3 aromatic rings. The zero-order chi connectivity index (χ0) is 14.1. The normalized spacial score (nSPS) is 10.9. The van der Waals surface area contributed by atoms with Crippen molar-refractivity contribution < 1.29 is 4.74 Å². The number of hydrogen-bond acceptors (Lipinski definition) is 2. The summed E-state index contributed by atoms with van der Waals surface area (Å²) in [7, 11) is 1.66. The molecule has 0 unspecified atom stereocenters. The number of benzene rings is 1. The molecule has 0 radical (unpaired) electrons. The Labute approximate surface area is 122 Å². The first-order valence-corrected chi connectivity index (χ1v) is 6.94. The lowest BCUT2D eigenvalue weighted by Crippen LogP contribution is -1.92. The summed E-state index contributed by atoms with van der Waals surface area (Å²) >= 11 is 6.14. The van der Waals surface area contributed by atoms with E-state index in [0.717, 1.165) is 28.3 Å². The number of ether oxygens (including phenoxy) is 1. The Morgan fingerprint density at radius 1 is 1.25 bits per heavy atom. The Bertz CT molecular complexity index is 764. The SMILES string of the molecule is COc1cccc(-c2nc3ccc(C)cn3c2CCl)c1. The molecule has 2 heterocycles. The van der Waals surface area contributed by atoms with Gasteiger partial charge in [-0.15, -0.1) is 11.6 Å². The lowest BCUT2D eigenvalue weighted by Gasteiger charge is -2.04. The van der Waals surface area contributed by atoms with E-state index >= 15 is 0 Å². The second-order valence-corrected chi connectivity index (χ2v) is 4.97. The summed E-state index contributed by atoms with van der Waals surface area (Å²) in [6.45, 7) is 2.06. The molecule has 0 aliphatic rings. The van der Waals surface area contributed by atoms with Crippen molar-refractivity contribution in [1.29, 1.82) is 0 Å². The van der Waals surface area contributed by atoms with Crippen LogP contribution in [0.25, 0.3) is 16.9 Å². The van der Waals surface area contributed by atoms with Crippen LogP contribution in [0, 0.1) is 6.92 Å². The van der Waals surface area contributed by atoms with E-state index in [4.69, 9.17) is 21.3 Å². The highest BCUT2D eigenvalue weighted by Gasteiger charge is 2.13. The first-order chi connectivity index (χ1) is 9.72. The fraction of sp³-hybridized carbons (Fsp3) is 0.188. The minimum Gasteiger partial charge on any atom is -0.497 e. The van der Waals surface area contributed by atoms with Gasteiger partial charge in [0, 0.05) is 11.8 Å². The number of aromatic nitrogens is 2. The van der Waals surface area contributed by atoms with Crippen molar-refractivity contribution in [2.45, 2.75) is 12.8 Å². The van der Waals surface area contributed by atoms with Crippen molar-refractivity contribution in [3.05, 3.63) is 53.9 Å². The van der Waals surface area contributed by atoms with E-state index in [1.165, 1.54) is 5.56 Å². The van der Waals surface area contributed by atoms with Crippen LogP contribution in [0.3, 0.4) is 0 Å². The smallest absolute Gasteiger partial charge is 0.137 e. The molecular weight excluding hydrogens is 272 g/mol. The maximum absolute atomic E-state index is 6.14. The van der Waals surface area contributed by atoms with E-state index in [2.05, 4.69) is 23.6 Å². The van der Waals surface area contributed by atoms with Crippen LogP contribution < -0.4 is 4.74 Å². The van der Waals surface area contributed by atoms with Crippen molar-refractivity contribution in [3.8, 4) is 17.0 Å². The number of nitrogens with zero attached hydrogens (tertiary/aromatic N) is 2. The van der Waals surface area contributed by atoms with Gasteiger partial charge in [0.1, 0.15) is 11.4 Å². The van der Waals surface area contributed by atoms with E-state index in [1.54, 1.807) is 7.11 Å². The van der Waals surface area contributed by atoms with E-state index in [1.807, 2.05) is 30.3 Å². The minimum absolute atomic E-state index is 0.414. The van der Waals surface area contributed by atoms with Crippen molar-refractivity contribution in [2.24, 2.45) is 0 Å². The van der Waals surface area contributed by atoms with Crippen molar-refractivity contribution in [2.75, 3.05) is 7.11 Å². The van der Waals surface area contributed by atoms with Gasteiger partial charge in [0.15, 0.2) is 0 Å². The van der Waals surface area contributed by atoms with Crippen LogP contribution in [-0.2, 0) is 5.88 Å². The van der Waals surface area contributed by atoms with Crippen molar-refractivity contribution in [1.82, 2.24) is 9.38 Å². The molecule has 0 aliphatic carbocycles. The van der Waals surface area contributed by atoms with Gasteiger partial charge in [0.2, 0.25) is 0 Å². The average molecular weight is 287 g/mol. The van der Waals surface area contributed by atoms with Crippen LogP contribution in [0.2, 0.25) is 0 Å². The number of fused-ring (bicyclic) bond motifs is 1. The summed E-state index contributed by atoms with van der Waals surface area (Å²) in [6, 6.07) is 11.9. The molecule has 0 atom stereocenters. The fourth-order valence-electron chi connectivity index (χ4n) is 2.33. The summed E-state index contributed by atoms with van der Waals surface area (Å²) in [6.07, 6.45) is 2.06. The fourth-order valence-corrected chi connectivity index (χ4v) is 2.58. The third-order valence-corrected chi connectivity index (χ3v) is 3.59. The van der Waals surface area contributed by atoms with E-state index in [0.29, 0.717) is 5.88 Å². The molecule has 0 fully saturated rings. The standard InChI is InChI=1S/C16H15ClN2O/c1-11-6-7-15-18-16(14(9-17)19(15)10-11)12-4-3-5-13(8-12)20-2/h3-8,10H,9H2,1-2H3. The number of alkyl halides is 1. The molecule has 1 aromatic carbocycles.